The number of hydrogen-bond donors (Lipinski definition) is 0. The summed E-state index contributed by atoms with van der Waals surface area (Å²) in [4.78, 5) is 25.0. The van der Waals surface area contributed by atoms with Gasteiger partial charge in [0.1, 0.15) is 11.7 Å². The second-order valence-electron chi connectivity index (χ2n) is 9.45. The van der Waals surface area contributed by atoms with Gasteiger partial charge < -0.3 is 9.47 Å². The molecular formula is C21H34O4. The fourth-order valence-corrected chi connectivity index (χ4v) is 4.82. The first kappa shape index (κ1) is 18.7. The van der Waals surface area contributed by atoms with Gasteiger partial charge in [-0.1, -0.05) is 13.3 Å². The van der Waals surface area contributed by atoms with Crippen molar-refractivity contribution in [1.82, 2.24) is 0 Å². The van der Waals surface area contributed by atoms with Crippen molar-refractivity contribution in [3.63, 3.8) is 0 Å². The van der Waals surface area contributed by atoms with Crippen molar-refractivity contribution in [2.24, 2.45) is 23.2 Å². The van der Waals surface area contributed by atoms with Gasteiger partial charge in [0.05, 0.1) is 11.3 Å². The summed E-state index contributed by atoms with van der Waals surface area (Å²) in [5.74, 6) is 0.570. The molecule has 3 fully saturated rings. The summed E-state index contributed by atoms with van der Waals surface area (Å²) in [5, 5.41) is 0. The van der Waals surface area contributed by atoms with Crippen LogP contribution in [-0.2, 0) is 19.1 Å². The Morgan fingerprint density at radius 2 is 1.72 bits per heavy atom. The van der Waals surface area contributed by atoms with E-state index in [1.807, 2.05) is 20.8 Å². The molecule has 0 radical (unpaired) electrons. The Balaban J connectivity index is 1.53. The number of ether oxygens (including phenoxy) is 2. The average Bonchev–Trinajstić information content (AvgIpc) is 3.15. The molecule has 142 valence electrons. The van der Waals surface area contributed by atoms with E-state index in [1.165, 1.54) is 6.42 Å². The quantitative estimate of drug-likeness (QED) is 0.678. The van der Waals surface area contributed by atoms with Crippen LogP contribution in [0.1, 0.15) is 85.5 Å². The molecule has 0 amide bonds. The summed E-state index contributed by atoms with van der Waals surface area (Å²) in [6.07, 6.45) is 8.98. The maximum Gasteiger partial charge on any atom is 0.311 e. The highest BCUT2D eigenvalue weighted by Crippen LogP contribution is 2.51. The zero-order valence-electron chi connectivity index (χ0n) is 16.3. The Bertz CT molecular complexity index is 518. The van der Waals surface area contributed by atoms with Gasteiger partial charge in [0.15, 0.2) is 0 Å². The Labute approximate surface area is 152 Å². The lowest BCUT2D eigenvalue weighted by Gasteiger charge is -2.36. The van der Waals surface area contributed by atoms with Crippen molar-refractivity contribution < 1.29 is 19.1 Å². The first-order valence-corrected chi connectivity index (χ1v) is 10.2. The van der Waals surface area contributed by atoms with Crippen LogP contribution in [0.3, 0.4) is 0 Å². The maximum absolute atomic E-state index is 12.7. The lowest BCUT2D eigenvalue weighted by molar-refractivity contribution is -0.170. The molecule has 0 N–H and O–H groups in total. The number of fused-ring (bicyclic) bond motifs is 2. The van der Waals surface area contributed by atoms with Gasteiger partial charge >= 0.3 is 11.9 Å². The summed E-state index contributed by atoms with van der Waals surface area (Å²) in [6.45, 7) is 7.98. The zero-order valence-corrected chi connectivity index (χ0v) is 16.3. The molecule has 25 heavy (non-hydrogen) atoms. The molecule has 4 nitrogen and oxygen atoms in total. The number of hydrogen-bond acceptors (Lipinski definition) is 4. The van der Waals surface area contributed by atoms with E-state index >= 15 is 0 Å². The van der Waals surface area contributed by atoms with Gasteiger partial charge in [-0.05, 0) is 84.0 Å². The fourth-order valence-electron chi connectivity index (χ4n) is 4.82. The van der Waals surface area contributed by atoms with E-state index in [0.29, 0.717) is 11.8 Å². The second kappa shape index (κ2) is 6.92. The van der Waals surface area contributed by atoms with E-state index in [1.54, 1.807) is 0 Å². The number of carbonyl (C=O) groups is 2. The predicted molar refractivity (Wildman–Crippen MR) is 95.9 cm³/mol. The molecule has 4 heteroatoms. The summed E-state index contributed by atoms with van der Waals surface area (Å²) >= 11 is 0. The standard InChI is InChI=1S/C21H34O4/c1-5-20(2,3)19(23)24-17-13-14-11-15(17)12-16(14)18(22)25-21(4)9-7-6-8-10-21/h14-17H,5-13H2,1-4H3. The molecule has 0 aromatic carbocycles. The minimum absolute atomic E-state index is 0.00218. The van der Waals surface area contributed by atoms with Crippen LogP contribution in [0.5, 0.6) is 0 Å². The molecule has 0 saturated heterocycles. The monoisotopic (exact) mass is 350 g/mol. The molecule has 0 heterocycles. The normalized spacial score (nSPS) is 33.9. The van der Waals surface area contributed by atoms with Gasteiger partial charge in [-0.3, -0.25) is 9.59 Å². The van der Waals surface area contributed by atoms with Crippen LogP contribution >= 0.6 is 0 Å². The van der Waals surface area contributed by atoms with Crippen molar-refractivity contribution in [2.45, 2.75) is 97.2 Å². The van der Waals surface area contributed by atoms with Gasteiger partial charge in [0.2, 0.25) is 0 Å². The topological polar surface area (TPSA) is 52.6 Å². The van der Waals surface area contributed by atoms with Crippen molar-refractivity contribution in [1.29, 1.82) is 0 Å². The highest BCUT2D eigenvalue weighted by atomic mass is 16.6. The Morgan fingerprint density at radius 3 is 2.28 bits per heavy atom. The first-order valence-electron chi connectivity index (χ1n) is 10.2. The smallest absolute Gasteiger partial charge is 0.311 e. The van der Waals surface area contributed by atoms with E-state index in [2.05, 4.69) is 6.92 Å². The molecule has 4 atom stereocenters. The SMILES string of the molecule is CCC(C)(C)C(=O)OC1CC2CC1CC2C(=O)OC1(C)CCCCC1. The molecule has 0 spiro atoms. The molecule has 0 aliphatic heterocycles. The molecule has 3 saturated carbocycles. The Morgan fingerprint density at radius 1 is 1.04 bits per heavy atom. The zero-order chi connectivity index (χ0) is 18.2. The Kier molecular flexibility index (Phi) is 5.18. The van der Waals surface area contributed by atoms with Crippen molar-refractivity contribution in [3.8, 4) is 0 Å². The number of rotatable bonds is 5. The van der Waals surface area contributed by atoms with Gasteiger partial charge in [-0.25, -0.2) is 0 Å². The van der Waals surface area contributed by atoms with E-state index < -0.39 is 5.41 Å². The molecule has 4 unspecified atom stereocenters. The lowest BCUT2D eigenvalue weighted by Crippen LogP contribution is -2.39. The van der Waals surface area contributed by atoms with E-state index in [9.17, 15) is 9.59 Å². The Hall–Kier alpha value is -1.06. The highest BCUT2D eigenvalue weighted by Gasteiger charge is 2.52. The molecule has 2 bridgehead atoms. The molecule has 3 aliphatic carbocycles. The van der Waals surface area contributed by atoms with Crippen LogP contribution in [0.15, 0.2) is 0 Å². The van der Waals surface area contributed by atoms with E-state index in [0.717, 1.165) is 51.4 Å². The first-order chi connectivity index (χ1) is 11.7. The second-order valence-corrected chi connectivity index (χ2v) is 9.45. The minimum Gasteiger partial charge on any atom is -0.462 e. The number of carbonyl (C=O) groups excluding carboxylic acids is 2. The van der Waals surface area contributed by atoms with Gasteiger partial charge in [-0.15, -0.1) is 0 Å². The molecule has 0 aromatic rings. The molecule has 3 aliphatic rings. The summed E-state index contributed by atoms with van der Waals surface area (Å²) in [7, 11) is 0. The van der Waals surface area contributed by atoms with Gasteiger partial charge in [0.25, 0.3) is 0 Å². The largest absolute Gasteiger partial charge is 0.462 e. The van der Waals surface area contributed by atoms with Crippen molar-refractivity contribution in [3.05, 3.63) is 0 Å². The van der Waals surface area contributed by atoms with Crippen molar-refractivity contribution in [2.75, 3.05) is 0 Å². The third-order valence-electron chi connectivity index (χ3n) is 7.05. The van der Waals surface area contributed by atoms with Gasteiger partial charge in [0, 0.05) is 0 Å². The molecular weight excluding hydrogens is 316 g/mol. The highest BCUT2D eigenvalue weighted by molar-refractivity contribution is 5.76. The van der Waals surface area contributed by atoms with Crippen LogP contribution in [0.2, 0.25) is 0 Å². The summed E-state index contributed by atoms with van der Waals surface area (Å²) < 4.78 is 11.8. The number of esters is 2. The van der Waals surface area contributed by atoms with Crippen molar-refractivity contribution >= 4 is 11.9 Å². The molecule has 3 rings (SSSR count). The van der Waals surface area contributed by atoms with Crippen LogP contribution in [0.4, 0.5) is 0 Å². The lowest BCUT2D eigenvalue weighted by atomic mass is 9.84. The minimum atomic E-state index is -0.421. The van der Waals surface area contributed by atoms with E-state index in [4.69, 9.17) is 9.47 Å². The summed E-state index contributed by atoms with van der Waals surface area (Å²) in [6, 6.07) is 0. The van der Waals surface area contributed by atoms with Crippen LogP contribution < -0.4 is 0 Å². The third-order valence-corrected chi connectivity index (χ3v) is 7.05. The maximum atomic E-state index is 12.7. The van der Waals surface area contributed by atoms with Crippen LogP contribution in [-0.4, -0.2) is 23.6 Å². The fraction of sp³-hybridized carbons (Fsp3) is 0.905. The summed E-state index contributed by atoms with van der Waals surface area (Å²) in [5.41, 5.74) is -0.677. The van der Waals surface area contributed by atoms with Crippen LogP contribution in [0, 0.1) is 23.2 Å². The van der Waals surface area contributed by atoms with Gasteiger partial charge in [-0.2, -0.15) is 0 Å². The molecule has 0 aromatic heterocycles. The third kappa shape index (κ3) is 3.88. The van der Waals surface area contributed by atoms with Crippen LogP contribution in [0.25, 0.3) is 0 Å². The average molecular weight is 350 g/mol. The predicted octanol–water partition coefficient (Wildman–Crippen LogP) is 4.65. The van der Waals surface area contributed by atoms with E-state index in [-0.39, 0.29) is 29.6 Å².